The molecule has 0 aliphatic carbocycles. The largest absolute Gasteiger partial charge is 0.478 e. The van der Waals surface area contributed by atoms with Gasteiger partial charge in [0.2, 0.25) is 0 Å². The van der Waals surface area contributed by atoms with Crippen molar-refractivity contribution >= 4 is 29.5 Å². The van der Waals surface area contributed by atoms with Gasteiger partial charge < -0.3 is 5.11 Å². The highest BCUT2D eigenvalue weighted by Crippen LogP contribution is 2.35. The average molecular weight is 386 g/mol. The van der Waals surface area contributed by atoms with Crippen LogP contribution < -0.4 is 0 Å². The van der Waals surface area contributed by atoms with Gasteiger partial charge in [-0.15, -0.1) is 12.8 Å². The Bertz CT molecular complexity index is 1010. The third-order valence-corrected chi connectivity index (χ3v) is 5.52. The quantitative estimate of drug-likeness (QED) is 0.575. The van der Waals surface area contributed by atoms with Crippen LogP contribution in [0.25, 0.3) is 0 Å². The molecule has 3 aromatic rings. The van der Waals surface area contributed by atoms with Gasteiger partial charge in [-0.2, -0.15) is 0 Å². The van der Waals surface area contributed by atoms with Gasteiger partial charge in [-0.05, 0) is 54.6 Å². The second kappa shape index (κ2) is 8.56. The molecule has 0 aliphatic rings. The number of carbonyl (C=O) groups is 1. The van der Waals surface area contributed by atoms with Gasteiger partial charge >= 0.3 is 5.97 Å². The molecule has 4 heteroatoms. The second-order valence-electron chi connectivity index (χ2n) is 5.55. The van der Waals surface area contributed by atoms with Crippen LogP contribution in [0.15, 0.2) is 86.3 Å². The van der Waals surface area contributed by atoms with Crippen molar-refractivity contribution in [3.05, 3.63) is 83.4 Å². The van der Waals surface area contributed by atoms with Gasteiger partial charge in [0.1, 0.15) is 0 Å². The number of carboxylic acid groups (broad SMARTS) is 1. The predicted molar refractivity (Wildman–Crippen MR) is 110 cm³/mol. The van der Waals surface area contributed by atoms with Crippen LogP contribution in [-0.2, 0) is 0 Å². The summed E-state index contributed by atoms with van der Waals surface area (Å²) < 4.78 is 0. The number of benzene rings is 3. The zero-order valence-electron chi connectivity index (χ0n) is 14.2. The maximum absolute atomic E-state index is 11.5. The minimum Gasteiger partial charge on any atom is -0.478 e. The molecule has 3 aromatic carbocycles. The molecule has 0 bridgehead atoms. The van der Waals surface area contributed by atoms with E-state index in [9.17, 15) is 9.90 Å². The molecule has 0 amide bonds. The number of rotatable bonds is 5. The number of terminal acetylenes is 2. The summed E-state index contributed by atoms with van der Waals surface area (Å²) in [6, 6.07) is 20.5. The first kappa shape index (κ1) is 18.7. The zero-order chi connectivity index (χ0) is 19.2. The van der Waals surface area contributed by atoms with Crippen LogP contribution in [0, 0.1) is 24.7 Å². The normalized spacial score (nSPS) is 10.0. The smallest absolute Gasteiger partial charge is 0.335 e. The molecule has 1 N–H and O–H groups in total. The minimum atomic E-state index is -0.964. The van der Waals surface area contributed by atoms with Crippen LogP contribution in [0.2, 0.25) is 0 Å². The Balaban J connectivity index is 1.93. The first-order valence-corrected chi connectivity index (χ1v) is 9.58. The molecular formula is C23H14O2S2. The molecule has 0 atom stereocenters. The summed E-state index contributed by atoms with van der Waals surface area (Å²) in [6.07, 6.45) is 10.9. The van der Waals surface area contributed by atoms with E-state index in [0.29, 0.717) is 0 Å². The van der Waals surface area contributed by atoms with Crippen molar-refractivity contribution in [3.63, 3.8) is 0 Å². The van der Waals surface area contributed by atoms with Gasteiger partial charge in [-0.1, -0.05) is 47.5 Å². The number of hydrogen-bond donors (Lipinski definition) is 1. The van der Waals surface area contributed by atoms with E-state index in [1.165, 1.54) is 23.5 Å². The Kier molecular flexibility index (Phi) is 5.94. The molecular weight excluding hydrogens is 372 g/mol. The summed E-state index contributed by atoms with van der Waals surface area (Å²) in [4.78, 5) is 15.1. The fourth-order valence-electron chi connectivity index (χ4n) is 2.38. The van der Waals surface area contributed by atoms with Crippen molar-refractivity contribution in [1.82, 2.24) is 0 Å². The number of aromatic carboxylic acids is 1. The van der Waals surface area contributed by atoms with Gasteiger partial charge in [-0.3, -0.25) is 0 Å². The third-order valence-electron chi connectivity index (χ3n) is 3.60. The van der Waals surface area contributed by atoms with Crippen LogP contribution >= 0.6 is 23.5 Å². The lowest BCUT2D eigenvalue weighted by molar-refractivity contribution is 0.0696. The Morgan fingerprint density at radius 1 is 0.741 bits per heavy atom. The number of hydrogen-bond acceptors (Lipinski definition) is 3. The first-order valence-electron chi connectivity index (χ1n) is 7.95. The van der Waals surface area contributed by atoms with Crippen molar-refractivity contribution in [2.75, 3.05) is 0 Å². The van der Waals surface area contributed by atoms with Gasteiger partial charge in [0.15, 0.2) is 0 Å². The summed E-state index contributed by atoms with van der Waals surface area (Å²) >= 11 is 2.95. The van der Waals surface area contributed by atoms with Crippen molar-refractivity contribution in [2.24, 2.45) is 0 Å². The molecule has 0 unspecified atom stereocenters. The Hall–Kier alpha value is -3.05. The predicted octanol–water partition coefficient (Wildman–Crippen LogP) is 5.65. The molecule has 0 radical (unpaired) electrons. The molecule has 130 valence electrons. The van der Waals surface area contributed by atoms with Crippen LogP contribution in [0.3, 0.4) is 0 Å². The topological polar surface area (TPSA) is 37.3 Å². The summed E-state index contributed by atoms with van der Waals surface area (Å²) in [5, 5.41) is 9.46. The first-order chi connectivity index (χ1) is 13.1. The fraction of sp³-hybridized carbons (Fsp3) is 0. The monoisotopic (exact) mass is 386 g/mol. The fourth-order valence-corrected chi connectivity index (χ4v) is 4.41. The van der Waals surface area contributed by atoms with Crippen molar-refractivity contribution in [2.45, 2.75) is 19.6 Å². The lowest BCUT2D eigenvalue weighted by Crippen LogP contribution is -1.96. The summed E-state index contributed by atoms with van der Waals surface area (Å²) in [6.45, 7) is 0. The standard InChI is InChI=1S/C23H14O2S2/c1-3-16-7-5-9-19(11-16)26-21-13-18(23(24)25)14-22(15-21)27-20-10-6-8-17(4-2)12-20/h1-2,5-15H,(H,24,25). The third kappa shape index (κ3) is 4.99. The summed E-state index contributed by atoms with van der Waals surface area (Å²) in [5.74, 6) is 4.26. The van der Waals surface area contributed by atoms with Crippen molar-refractivity contribution in [1.29, 1.82) is 0 Å². The summed E-state index contributed by atoms with van der Waals surface area (Å²) in [7, 11) is 0. The lowest BCUT2D eigenvalue weighted by atomic mass is 10.2. The summed E-state index contributed by atoms with van der Waals surface area (Å²) in [5.41, 5.74) is 1.81. The van der Waals surface area contributed by atoms with Crippen molar-refractivity contribution < 1.29 is 9.90 Å². The Labute approximate surface area is 167 Å². The Morgan fingerprint density at radius 2 is 1.22 bits per heavy atom. The van der Waals surface area contributed by atoms with Crippen LogP contribution in [0.1, 0.15) is 21.5 Å². The van der Waals surface area contributed by atoms with E-state index in [-0.39, 0.29) is 5.56 Å². The number of carboxylic acids is 1. The molecule has 0 spiro atoms. The van der Waals surface area contributed by atoms with E-state index in [1.54, 1.807) is 12.1 Å². The average Bonchev–Trinajstić information content (AvgIpc) is 2.68. The van der Waals surface area contributed by atoms with Crippen molar-refractivity contribution in [3.8, 4) is 24.7 Å². The van der Waals surface area contributed by atoms with E-state index in [1.807, 2.05) is 54.6 Å². The second-order valence-corrected chi connectivity index (χ2v) is 7.84. The molecule has 0 saturated carbocycles. The lowest BCUT2D eigenvalue weighted by Gasteiger charge is -2.08. The van der Waals surface area contributed by atoms with E-state index >= 15 is 0 Å². The highest BCUT2D eigenvalue weighted by molar-refractivity contribution is 8.00. The highest BCUT2D eigenvalue weighted by Gasteiger charge is 2.10. The van der Waals surface area contributed by atoms with Gasteiger partial charge in [0, 0.05) is 30.7 Å². The van der Waals surface area contributed by atoms with Crippen LogP contribution in [-0.4, -0.2) is 11.1 Å². The van der Waals surface area contributed by atoms with Gasteiger partial charge in [0.25, 0.3) is 0 Å². The molecule has 0 aliphatic heterocycles. The maximum atomic E-state index is 11.5. The van der Waals surface area contributed by atoms with E-state index in [0.717, 1.165) is 30.7 Å². The minimum absolute atomic E-state index is 0.240. The van der Waals surface area contributed by atoms with E-state index < -0.39 is 5.97 Å². The molecule has 3 rings (SSSR count). The zero-order valence-corrected chi connectivity index (χ0v) is 15.8. The molecule has 2 nitrogen and oxygen atoms in total. The molecule has 0 fully saturated rings. The van der Waals surface area contributed by atoms with E-state index in [4.69, 9.17) is 12.8 Å². The molecule has 27 heavy (non-hydrogen) atoms. The SMILES string of the molecule is C#Cc1cccc(Sc2cc(Sc3cccc(C#C)c3)cc(C(=O)O)c2)c1. The molecule has 0 aromatic heterocycles. The molecule has 0 heterocycles. The maximum Gasteiger partial charge on any atom is 0.335 e. The molecule has 0 saturated heterocycles. The van der Waals surface area contributed by atoms with E-state index in [2.05, 4.69) is 11.8 Å². The Morgan fingerprint density at radius 3 is 1.63 bits per heavy atom. The highest BCUT2D eigenvalue weighted by atomic mass is 32.2. The van der Waals surface area contributed by atoms with Gasteiger partial charge in [-0.25, -0.2) is 4.79 Å². The van der Waals surface area contributed by atoms with Gasteiger partial charge in [0.05, 0.1) is 5.56 Å². The van der Waals surface area contributed by atoms with Crippen LogP contribution in [0.5, 0.6) is 0 Å². The van der Waals surface area contributed by atoms with Crippen LogP contribution in [0.4, 0.5) is 0 Å².